The summed E-state index contributed by atoms with van der Waals surface area (Å²) in [4.78, 5) is 13.4. The lowest BCUT2D eigenvalue weighted by atomic mass is 9.72. The Kier molecular flexibility index (Phi) is 6.99. The zero-order chi connectivity index (χ0) is 26.2. The monoisotopic (exact) mass is 529 g/mol. The third-order valence-electron chi connectivity index (χ3n) is 7.64. The standard InChI is InChI=1S/C27H29F2N3O4S/c1-19-8-9-25(20-6-3-2-4-7-20)37(34,35)32(19)18-21-16-24(29)22(17-23(21)28)27(10-14-36-15-11-27)26(33)31-13-5-12-30-31/h2-7,12-13,16-17,19,25H,8-11,14-15,18H2,1H3/t19-,25+/m0/s1. The van der Waals surface area contributed by atoms with Crippen molar-refractivity contribution < 1.29 is 26.7 Å². The summed E-state index contributed by atoms with van der Waals surface area (Å²) in [6.45, 7) is 1.93. The zero-order valence-corrected chi connectivity index (χ0v) is 21.3. The Morgan fingerprint density at radius 2 is 1.81 bits per heavy atom. The first kappa shape index (κ1) is 25.7. The van der Waals surface area contributed by atoms with E-state index in [0.717, 1.165) is 16.8 Å². The van der Waals surface area contributed by atoms with Gasteiger partial charge in [-0.2, -0.15) is 9.40 Å². The average molecular weight is 530 g/mol. The fourth-order valence-electron chi connectivity index (χ4n) is 5.52. The Morgan fingerprint density at radius 1 is 1.08 bits per heavy atom. The highest BCUT2D eigenvalue weighted by atomic mass is 32.2. The second kappa shape index (κ2) is 10.1. The Morgan fingerprint density at radius 3 is 2.49 bits per heavy atom. The molecule has 2 aromatic carbocycles. The van der Waals surface area contributed by atoms with Gasteiger partial charge >= 0.3 is 0 Å². The minimum atomic E-state index is -3.82. The summed E-state index contributed by atoms with van der Waals surface area (Å²) in [5.41, 5.74) is -0.787. The molecular weight excluding hydrogens is 500 g/mol. The van der Waals surface area contributed by atoms with Gasteiger partial charge in [0.05, 0.1) is 5.41 Å². The van der Waals surface area contributed by atoms with Crippen LogP contribution in [-0.4, -0.2) is 47.7 Å². The number of carbonyl (C=O) groups excluding carboxylic acids is 1. The van der Waals surface area contributed by atoms with Crippen LogP contribution in [0.4, 0.5) is 8.78 Å². The second-order valence-corrected chi connectivity index (χ2v) is 11.9. The van der Waals surface area contributed by atoms with Crippen molar-refractivity contribution in [1.29, 1.82) is 0 Å². The molecule has 0 aliphatic carbocycles. The molecule has 0 bridgehead atoms. The third-order valence-corrected chi connectivity index (χ3v) is 10.0. The van der Waals surface area contributed by atoms with Crippen molar-refractivity contribution in [3.8, 4) is 0 Å². The van der Waals surface area contributed by atoms with E-state index in [2.05, 4.69) is 5.10 Å². The molecule has 2 aliphatic rings. The molecule has 2 atom stereocenters. The fourth-order valence-corrected chi connectivity index (χ4v) is 7.71. The number of aromatic nitrogens is 2. The molecule has 0 saturated carbocycles. The second-order valence-electron chi connectivity index (χ2n) is 9.79. The summed E-state index contributed by atoms with van der Waals surface area (Å²) in [6, 6.07) is 12.3. The first-order valence-corrected chi connectivity index (χ1v) is 13.9. The Hall–Kier alpha value is -2.95. The molecule has 1 aromatic heterocycles. The smallest absolute Gasteiger partial charge is 0.257 e. The van der Waals surface area contributed by atoms with Crippen LogP contribution in [0.3, 0.4) is 0 Å². The Bertz CT molecular complexity index is 1370. The number of ether oxygens (including phenoxy) is 1. The fraction of sp³-hybridized carbons (Fsp3) is 0.407. The molecule has 196 valence electrons. The number of carbonyl (C=O) groups is 1. The summed E-state index contributed by atoms with van der Waals surface area (Å²) < 4.78 is 66.2. The van der Waals surface area contributed by atoms with Gasteiger partial charge in [0.2, 0.25) is 10.0 Å². The summed E-state index contributed by atoms with van der Waals surface area (Å²) in [6.07, 6.45) is 4.35. The van der Waals surface area contributed by atoms with Crippen molar-refractivity contribution >= 4 is 15.9 Å². The van der Waals surface area contributed by atoms with Gasteiger partial charge in [0, 0.05) is 49.3 Å². The van der Waals surface area contributed by atoms with Crippen molar-refractivity contribution in [3.63, 3.8) is 0 Å². The van der Waals surface area contributed by atoms with Crippen molar-refractivity contribution in [2.24, 2.45) is 0 Å². The molecule has 5 rings (SSSR count). The highest BCUT2D eigenvalue weighted by molar-refractivity contribution is 7.89. The van der Waals surface area contributed by atoms with E-state index in [4.69, 9.17) is 4.74 Å². The first-order valence-electron chi connectivity index (χ1n) is 12.4. The molecular formula is C27H29F2N3O4S. The lowest BCUT2D eigenvalue weighted by Gasteiger charge is -2.38. The van der Waals surface area contributed by atoms with Crippen LogP contribution < -0.4 is 0 Å². The molecule has 0 radical (unpaired) electrons. The molecule has 2 aliphatic heterocycles. The van der Waals surface area contributed by atoms with E-state index < -0.39 is 38.2 Å². The lowest BCUT2D eigenvalue weighted by Crippen LogP contribution is -2.46. The Labute approximate surface area is 215 Å². The average Bonchev–Trinajstić information content (AvgIpc) is 3.43. The molecule has 10 heteroatoms. The predicted molar refractivity (Wildman–Crippen MR) is 133 cm³/mol. The van der Waals surface area contributed by atoms with E-state index in [1.165, 1.54) is 16.7 Å². The van der Waals surface area contributed by atoms with E-state index in [1.54, 1.807) is 37.3 Å². The van der Waals surface area contributed by atoms with E-state index in [-0.39, 0.29) is 49.8 Å². The van der Waals surface area contributed by atoms with Gasteiger partial charge < -0.3 is 4.74 Å². The van der Waals surface area contributed by atoms with Crippen LogP contribution >= 0.6 is 0 Å². The molecule has 0 spiro atoms. The number of benzene rings is 2. The van der Waals surface area contributed by atoms with Gasteiger partial charge in [-0.15, -0.1) is 0 Å². The molecule has 7 nitrogen and oxygen atoms in total. The molecule has 0 amide bonds. The number of nitrogens with zero attached hydrogens (tertiary/aromatic N) is 3. The van der Waals surface area contributed by atoms with Crippen LogP contribution in [-0.2, 0) is 26.7 Å². The maximum absolute atomic E-state index is 15.7. The maximum Gasteiger partial charge on any atom is 0.257 e. The highest BCUT2D eigenvalue weighted by Crippen LogP contribution is 2.41. The summed E-state index contributed by atoms with van der Waals surface area (Å²) in [5, 5.41) is 3.26. The van der Waals surface area contributed by atoms with Crippen molar-refractivity contribution in [2.45, 2.75) is 55.9 Å². The minimum Gasteiger partial charge on any atom is -0.381 e. The summed E-state index contributed by atoms with van der Waals surface area (Å²) in [7, 11) is -3.82. The number of rotatable bonds is 5. The SMILES string of the molecule is C[C@H]1CC[C@H](c2ccccc2)S(=O)(=O)N1Cc1cc(F)c(C2(C(=O)n3cccn3)CCOCC2)cc1F. The van der Waals surface area contributed by atoms with Crippen LogP contribution in [0.25, 0.3) is 0 Å². The van der Waals surface area contributed by atoms with Gasteiger partial charge in [-0.1, -0.05) is 30.3 Å². The molecule has 3 heterocycles. The molecule has 0 unspecified atom stereocenters. The number of halogens is 2. The topological polar surface area (TPSA) is 81.5 Å². The quantitative estimate of drug-likeness (QED) is 0.482. The molecule has 2 fully saturated rings. The van der Waals surface area contributed by atoms with Gasteiger partial charge in [-0.25, -0.2) is 21.9 Å². The van der Waals surface area contributed by atoms with E-state index >= 15 is 8.78 Å². The van der Waals surface area contributed by atoms with Gasteiger partial charge in [-0.3, -0.25) is 4.79 Å². The normalized spacial score (nSPS) is 23.5. The van der Waals surface area contributed by atoms with Gasteiger partial charge in [-0.05, 0) is 56.4 Å². The van der Waals surface area contributed by atoms with Crippen LogP contribution in [0.1, 0.15) is 59.3 Å². The highest BCUT2D eigenvalue weighted by Gasteiger charge is 2.46. The van der Waals surface area contributed by atoms with Crippen LogP contribution in [0, 0.1) is 11.6 Å². The molecule has 0 N–H and O–H groups in total. The first-order chi connectivity index (χ1) is 17.7. The lowest BCUT2D eigenvalue weighted by molar-refractivity contribution is 0.0345. The molecule has 2 saturated heterocycles. The van der Waals surface area contributed by atoms with Crippen LogP contribution in [0.2, 0.25) is 0 Å². The summed E-state index contributed by atoms with van der Waals surface area (Å²) >= 11 is 0. The minimum absolute atomic E-state index is 0.0609. The zero-order valence-electron chi connectivity index (χ0n) is 20.5. The Balaban J connectivity index is 1.49. The third kappa shape index (κ3) is 4.62. The van der Waals surface area contributed by atoms with Gasteiger partial charge in [0.25, 0.3) is 5.91 Å². The largest absolute Gasteiger partial charge is 0.381 e. The van der Waals surface area contributed by atoms with Gasteiger partial charge in [0.15, 0.2) is 0 Å². The number of hydrogen-bond donors (Lipinski definition) is 0. The molecule has 37 heavy (non-hydrogen) atoms. The predicted octanol–water partition coefficient (Wildman–Crippen LogP) is 4.61. The van der Waals surface area contributed by atoms with E-state index in [0.29, 0.717) is 18.4 Å². The van der Waals surface area contributed by atoms with Crippen molar-refractivity contribution in [1.82, 2.24) is 14.1 Å². The number of hydrogen-bond acceptors (Lipinski definition) is 5. The van der Waals surface area contributed by atoms with E-state index in [1.807, 2.05) is 6.07 Å². The number of sulfonamides is 1. The maximum atomic E-state index is 15.7. The van der Waals surface area contributed by atoms with Crippen LogP contribution in [0.5, 0.6) is 0 Å². The van der Waals surface area contributed by atoms with Crippen molar-refractivity contribution in [2.75, 3.05) is 13.2 Å². The van der Waals surface area contributed by atoms with Crippen molar-refractivity contribution in [3.05, 3.63) is 89.2 Å². The van der Waals surface area contributed by atoms with Gasteiger partial charge in [0.1, 0.15) is 16.9 Å². The van der Waals surface area contributed by atoms with E-state index in [9.17, 15) is 13.2 Å². The molecule has 3 aromatic rings. The van der Waals surface area contributed by atoms with Crippen LogP contribution in [0.15, 0.2) is 60.9 Å². The summed E-state index contributed by atoms with van der Waals surface area (Å²) in [5.74, 6) is -1.95.